The second-order valence-corrected chi connectivity index (χ2v) is 6.34. The molecule has 98 valence electrons. The Balaban J connectivity index is 2.68. The molecule has 1 aliphatic carbocycles. The van der Waals surface area contributed by atoms with Crippen LogP contribution in [0.4, 0.5) is 4.39 Å². The summed E-state index contributed by atoms with van der Waals surface area (Å²) in [6.07, 6.45) is 2.64. The molecule has 18 heavy (non-hydrogen) atoms. The number of benzene rings is 1. The summed E-state index contributed by atoms with van der Waals surface area (Å²) in [6, 6.07) is 2.78. The molecule has 0 heterocycles. The van der Waals surface area contributed by atoms with Crippen molar-refractivity contribution in [2.75, 3.05) is 13.4 Å². The Kier molecular flexibility index (Phi) is 3.14. The second kappa shape index (κ2) is 4.35. The maximum Gasteiger partial charge on any atom is 0.340 e. The standard InChI is InChI=1S/C12H13FO4S/c1-17-12(14)9-6-5-8(7-3-4-7)11(10(9)13)18(2,15)16/h5-7H,3-4H2,1-2H3. The lowest BCUT2D eigenvalue weighted by atomic mass is 10.1. The molecule has 1 aromatic carbocycles. The second-order valence-electron chi connectivity index (χ2n) is 4.38. The van der Waals surface area contributed by atoms with Crippen LogP contribution in [-0.2, 0) is 14.6 Å². The van der Waals surface area contributed by atoms with Crippen LogP contribution >= 0.6 is 0 Å². The number of hydrogen-bond donors (Lipinski definition) is 0. The molecule has 1 aromatic rings. The van der Waals surface area contributed by atoms with E-state index >= 15 is 0 Å². The van der Waals surface area contributed by atoms with Crippen molar-refractivity contribution in [3.8, 4) is 0 Å². The summed E-state index contributed by atoms with van der Waals surface area (Å²) >= 11 is 0. The van der Waals surface area contributed by atoms with Crippen LogP contribution in [0.1, 0.15) is 34.7 Å². The molecule has 0 saturated heterocycles. The van der Waals surface area contributed by atoms with Gasteiger partial charge in [0.25, 0.3) is 0 Å². The van der Waals surface area contributed by atoms with Crippen molar-refractivity contribution in [2.24, 2.45) is 0 Å². The summed E-state index contributed by atoms with van der Waals surface area (Å²) in [5.41, 5.74) is 0.116. The number of carbonyl (C=O) groups excluding carboxylic acids is 1. The molecular formula is C12H13FO4S. The smallest absolute Gasteiger partial charge is 0.340 e. The summed E-state index contributed by atoms with van der Waals surface area (Å²) in [5.74, 6) is -1.80. The lowest BCUT2D eigenvalue weighted by Gasteiger charge is -2.11. The van der Waals surface area contributed by atoms with Gasteiger partial charge < -0.3 is 4.74 Å². The third kappa shape index (κ3) is 2.25. The summed E-state index contributed by atoms with van der Waals surface area (Å²) in [7, 11) is -2.59. The minimum Gasteiger partial charge on any atom is -0.465 e. The molecule has 2 rings (SSSR count). The number of esters is 1. The Bertz CT molecular complexity index is 603. The van der Waals surface area contributed by atoms with E-state index in [0.29, 0.717) is 5.56 Å². The van der Waals surface area contributed by atoms with Crippen LogP contribution in [0.5, 0.6) is 0 Å². The van der Waals surface area contributed by atoms with E-state index in [9.17, 15) is 17.6 Å². The Morgan fingerprint density at radius 2 is 2.00 bits per heavy atom. The fourth-order valence-electron chi connectivity index (χ4n) is 1.93. The molecule has 0 aliphatic heterocycles. The average molecular weight is 272 g/mol. The van der Waals surface area contributed by atoms with Crippen molar-refractivity contribution in [3.05, 3.63) is 29.1 Å². The third-order valence-corrected chi connectivity index (χ3v) is 4.08. The molecule has 0 unspecified atom stereocenters. The Morgan fingerprint density at radius 3 is 2.44 bits per heavy atom. The van der Waals surface area contributed by atoms with Crippen LogP contribution in [0.25, 0.3) is 0 Å². The highest BCUT2D eigenvalue weighted by molar-refractivity contribution is 7.90. The van der Waals surface area contributed by atoms with Crippen molar-refractivity contribution in [1.82, 2.24) is 0 Å². The van der Waals surface area contributed by atoms with Crippen LogP contribution in [-0.4, -0.2) is 27.8 Å². The SMILES string of the molecule is COC(=O)c1ccc(C2CC2)c(S(C)(=O)=O)c1F. The van der Waals surface area contributed by atoms with E-state index < -0.39 is 21.6 Å². The van der Waals surface area contributed by atoms with Gasteiger partial charge in [-0.2, -0.15) is 0 Å². The molecule has 0 N–H and O–H groups in total. The maximum absolute atomic E-state index is 14.2. The minimum atomic E-state index is -3.72. The predicted octanol–water partition coefficient (Wildman–Crippen LogP) is 1.89. The molecule has 0 spiro atoms. The monoisotopic (exact) mass is 272 g/mol. The van der Waals surface area contributed by atoms with Crippen molar-refractivity contribution in [2.45, 2.75) is 23.7 Å². The van der Waals surface area contributed by atoms with E-state index in [0.717, 1.165) is 26.2 Å². The summed E-state index contributed by atoms with van der Waals surface area (Å²) < 4.78 is 42.0. The maximum atomic E-state index is 14.2. The van der Waals surface area contributed by atoms with Crippen LogP contribution in [0.3, 0.4) is 0 Å². The summed E-state index contributed by atoms with van der Waals surface area (Å²) in [6.45, 7) is 0. The molecule has 0 aromatic heterocycles. The molecule has 6 heteroatoms. The minimum absolute atomic E-state index is 0.0796. The van der Waals surface area contributed by atoms with E-state index in [1.165, 1.54) is 12.1 Å². The Hall–Kier alpha value is -1.43. The number of halogens is 1. The predicted molar refractivity (Wildman–Crippen MR) is 62.8 cm³/mol. The van der Waals surface area contributed by atoms with Gasteiger partial charge in [-0.1, -0.05) is 6.07 Å². The largest absolute Gasteiger partial charge is 0.465 e. The van der Waals surface area contributed by atoms with Crippen molar-refractivity contribution >= 4 is 15.8 Å². The summed E-state index contributed by atoms with van der Waals surface area (Å²) in [4.78, 5) is 11.0. The number of rotatable bonds is 3. The molecule has 1 saturated carbocycles. The number of carbonyl (C=O) groups is 1. The van der Waals surface area contributed by atoms with E-state index in [2.05, 4.69) is 4.74 Å². The van der Waals surface area contributed by atoms with Crippen molar-refractivity contribution < 1.29 is 22.3 Å². The van der Waals surface area contributed by atoms with Gasteiger partial charge in [-0.05, 0) is 30.4 Å². The fraction of sp³-hybridized carbons (Fsp3) is 0.417. The first-order valence-electron chi connectivity index (χ1n) is 5.47. The van der Waals surface area contributed by atoms with E-state index in [1.807, 2.05) is 0 Å². The zero-order chi connectivity index (χ0) is 13.5. The highest BCUT2D eigenvalue weighted by atomic mass is 32.2. The van der Waals surface area contributed by atoms with Gasteiger partial charge in [0.05, 0.1) is 12.7 Å². The Morgan fingerprint density at radius 1 is 1.39 bits per heavy atom. The van der Waals surface area contributed by atoms with Crippen molar-refractivity contribution in [1.29, 1.82) is 0 Å². The van der Waals surface area contributed by atoms with Gasteiger partial charge in [-0.25, -0.2) is 17.6 Å². The van der Waals surface area contributed by atoms with Gasteiger partial charge in [-0.15, -0.1) is 0 Å². The van der Waals surface area contributed by atoms with Crippen LogP contribution in [0, 0.1) is 5.82 Å². The molecule has 1 aliphatic rings. The average Bonchev–Trinajstić information content (AvgIpc) is 3.09. The van der Waals surface area contributed by atoms with Gasteiger partial charge >= 0.3 is 5.97 Å². The lowest BCUT2D eigenvalue weighted by Crippen LogP contribution is -2.12. The molecule has 1 fully saturated rings. The lowest BCUT2D eigenvalue weighted by molar-refractivity contribution is 0.0594. The van der Waals surface area contributed by atoms with Crippen molar-refractivity contribution in [3.63, 3.8) is 0 Å². The molecule has 0 amide bonds. The quantitative estimate of drug-likeness (QED) is 0.788. The number of hydrogen-bond acceptors (Lipinski definition) is 4. The highest BCUT2D eigenvalue weighted by Gasteiger charge is 2.33. The number of methoxy groups -OCH3 is 1. The highest BCUT2D eigenvalue weighted by Crippen LogP contribution is 2.43. The van der Waals surface area contributed by atoms with E-state index in [-0.39, 0.29) is 16.4 Å². The van der Waals surface area contributed by atoms with Crippen LogP contribution in [0.15, 0.2) is 17.0 Å². The van der Waals surface area contributed by atoms with Gasteiger partial charge in [0, 0.05) is 6.26 Å². The first kappa shape index (κ1) is 13.0. The zero-order valence-corrected chi connectivity index (χ0v) is 10.9. The van der Waals surface area contributed by atoms with Gasteiger partial charge in [0.1, 0.15) is 4.90 Å². The Labute approximate surface area is 105 Å². The summed E-state index contributed by atoms with van der Waals surface area (Å²) in [5, 5.41) is 0. The molecule has 0 bridgehead atoms. The van der Waals surface area contributed by atoms with Crippen LogP contribution in [0.2, 0.25) is 0 Å². The van der Waals surface area contributed by atoms with Gasteiger partial charge in [0.2, 0.25) is 0 Å². The topological polar surface area (TPSA) is 60.4 Å². The third-order valence-electron chi connectivity index (χ3n) is 2.92. The van der Waals surface area contributed by atoms with Gasteiger partial charge in [0.15, 0.2) is 15.7 Å². The first-order valence-corrected chi connectivity index (χ1v) is 7.36. The molecule has 4 nitrogen and oxygen atoms in total. The van der Waals surface area contributed by atoms with Crippen LogP contribution < -0.4 is 0 Å². The van der Waals surface area contributed by atoms with E-state index in [4.69, 9.17) is 0 Å². The first-order chi connectivity index (χ1) is 8.36. The normalized spacial score (nSPS) is 15.5. The number of ether oxygens (including phenoxy) is 1. The zero-order valence-electron chi connectivity index (χ0n) is 10.1. The fourth-order valence-corrected chi connectivity index (χ4v) is 3.03. The van der Waals surface area contributed by atoms with E-state index in [1.54, 1.807) is 0 Å². The molecule has 0 atom stereocenters. The molecular weight excluding hydrogens is 259 g/mol. The number of sulfone groups is 1. The van der Waals surface area contributed by atoms with Gasteiger partial charge in [-0.3, -0.25) is 0 Å². The molecule has 0 radical (unpaired) electrons.